The van der Waals surface area contributed by atoms with Crippen molar-refractivity contribution in [2.45, 2.75) is 13.8 Å². The maximum Gasteiger partial charge on any atom is 0.267 e. The average Bonchev–Trinajstić information content (AvgIpc) is 2.83. The van der Waals surface area contributed by atoms with E-state index in [1.807, 2.05) is 50.2 Å². The second kappa shape index (κ2) is 11.8. The molecule has 0 aromatic heterocycles. The van der Waals surface area contributed by atoms with Crippen LogP contribution in [-0.2, 0) is 4.79 Å². The van der Waals surface area contributed by atoms with Crippen LogP contribution in [0.2, 0.25) is 0 Å². The van der Waals surface area contributed by atoms with Gasteiger partial charge < -0.3 is 24.8 Å². The van der Waals surface area contributed by atoms with Crippen molar-refractivity contribution in [2.24, 2.45) is 0 Å². The van der Waals surface area contributed by atoms with Gasteiger partial charge in [-0.3, -0.25) is 4.79 Å². The van der Waals surface area contributed by atoms with Crippen LogP contribution < -0.4 is 24.8 Å². The zero-order chi connectivity index (χ0) is 23.5. The zero-order valence-electron chi connectivity index (χ0n) is 18.5. The van der Waals surface area contributed by atoms with Crippen LogP contribution in [0.15, 0.2) is 84.6 Å². The smallest absolute Gasteiger partial charge is 0.267 e. The molecule has 0 unspecified atom stereocenters. The van der Waals surface area contributed by atoms with Crippen molar-refractivity contribution in [1.29, 1.82) is 5.26 Å². The van der Waals surface area contributed by atoms with Gasteiger partial charge in [-0.15, -0.1) is 0 Å². The highest BCUT2D eigenvalue weighted by Gasteiger charge is 2.11. The summed E-state index contributed by atoms with van der Waals surface area (Å²) in [6, 6.07) is 23.5. The van der Waals surface area contributed by atoms with Gasteiger partial charge in [-0.1, -0.05) is 18.2 Å². The van der Waals surface area contributed by atoms with E-state index in [0.717, 1.165) is 5.75 Å². The summed E-state index contributed by atoms with van der Waals surface area (Å²) < 4.78 is 16.9. The maximum absolute atomic E-state index is 12.5. The van der Waals surface area contributed by atoms with Crippen LogP contribution in [-0.4, -0.2) is 19.1 Å². The number of amides is 1. The van der Waals surface area contributed by atoms with E-state index in [4.69, 9.17) is 14.2 Å². The number of ether oxygens (including phenoxy) is 3. The molecular weight excluding hydrogens is 418 g/mol. The van der Waals surface area contributed by atoms with Crippen LogP contribution in [0.1, 0.15) is 13.8 Å². The second-order valence-electron chi connectivity index (χ2n) is 6.74. The molecule has 0 saturated carbocycles. The monoisotopic (exact) mass is 443 g/mol. The van der Waals surface area contributed by atoms with Crippen molar-refractivity contribution in [3.63, 3.8) is 0 Å². The van der Waals surface area contributed by atoms with Gasteiger partial charge in [0.05, 0.1) is 13.2 Å². The molecule has 0 aliphatic heterocycles. The lowest BCUT2D eigenvalue weighted by atomic mass is 10.2. The Labute approximate surface area is 193 Å². The molecule has 3 aromatic rings. The first-order valence-corrected chi connectivity index (χ1v) is 10.5. The Balaban J connectivity index is 1.64. The van der Waals surface area contributed by atoms with E-state index in [0.29, 0.717) is 41.8 Å². The highest BCUT2D eigenvalue weighted by molar-refractivity contribution is 6.06. The molecule has 0 saturated heterocycles. The quantitative estimate of drug-likeness (QED) is 0.307. The van der Waals surface area contributed by atoms with Crippen molar-refractivity contribution in [1.82, 2.24) is 0 Å². The van der Waals surface area contributed by atoms with Crippen molar-refractivity contribution < 1.29 is 19.0 Å². The first kappa shape index (κ1) is 23.2. The molecule has 0 bridgehead atoms. The fourth-order valence-electron chi connectivity index (χ4n) is 2.87. The van der Waals surface area contributed by atoms with E-state index >= 15 is 0 Å². The lowest BCUT2D eigenvalue weighted by molar-refractivity contribution is -0.112. The van der Waals surface area contributed by atoms with Crippen molar-refractivity contribution in [2.75, 3.05) is 23.8 Å². The summed E-state index contributed by atoms with van der Waals surface area (Å²) >= 11 is 0. The number of nitrogens with zero attached hydrogens (tertiary/aromatic N) is 1. The molecular formula is C26H25N3O4. The van der Waals surface area contributed by atoms with Gasteiger partial charge in [0.25, 0.3) is 5.91 Å². The fourth-order valence-corrected chi connectivity index (χ4v) is 2.87. The van der Waals surface area contributed by atoms with Gasteiger partial charge in [-0.05, 0) is 62.4 Å². The SMILES string of the molecule is CCOc1ccc(N/C=C(/C#N)C(=O)Nc2ccc(Oc3ccccc3)cc2)cc1OCC. The lowest BCUT2D eigenvalue weighted by Crippen LogP contribution is -2.14. The highest BCUT2D eigenvalue weighted by atomic mass is 16.5. The Bertz CT molecular complexity index is 1140. The first-order valence-electron chi connectivity index (χ1n) is 10.5. The van der Waals surface area contributed by atoms with E-state index in [1.54, 1.807) is 42.5 Å². The predicted octanol–water partition coefficient (Wildman–Crippen LogP) is 5.73. The number of hydrogen-bond acceptors (Lipinski definition) is 6. The number of hydrogen-bond donors (Lipinski definition) is 2. The van der Waals surface area contributed by atoms with Crippen molar-refractivity contribution >= 4 is 17.3 Å². The summed E-state index contributed by atoms with van der Waals surface area (Å²) in [5.41, 5.74) is 1.12. The van der Waals surface area contributed by atoms with E-state index < -0.39 is 5.91 Å². The number of para-hydroxylation sites is 1. The molecule has 0 heterocycles. The molecule has 0 aliphatic rings. The fraction of sp³-hybridized carbons (Fsp3) is 0.154. The molecule has 3 rings (SSSR count). The van der Waals surface area contributed by atoms with Crippen LogP contribution in [0.5, 0.6) is 23.0 Å². The van der Waals surface area contributed by atoms with Gasteiger partial charge in [0.1, 0.15) is 23.1 Å². The molecule has 7 heteroatoms. The van der Waals surface area contributed by atoms with Crippen LogP contribution in [0.25, 0.3) is 0 Å². The predicted molar refractivity (Wildman–Crippen MR) is 128 cm³/mol. The first-order chi connectivity index (χ1) is 16.1. The molecule has 33 heavy (non-hydrogen) atoms. The number of anilines is 2. The molecule has 0 aliphatic carbocycles. The summed E-state index contributed by atoms with van der Waals surface area (Å²) in [7, 11) is 0. The summed E-state index contributed by atoms with van der Waals surface area (Å²) in [5.74, 6) is 2.04. The van der Waals surface area contributed by atoms with E-state index in [1.165, 1.54) is 6.20 Å². The van der Waals surface area contributed by atoms with Gasteiger partial charge in [0.2, 0.25) is 0 Å². The molecule has 3 aromatic carbocycles. The summed E-state index contributed by atoms with van der Waals surface area (Å²) in [4.78, 5) is 12.5. The van der Waals surface area contributed by atoms with Crippen molar-refractivity contribution in [3.8, 4) is 29.1 Å². The Morgan fingerprint density at radius 1 is 0.879 bits per heavy atom. The molecule has 0 atom stereocenters. The molecule has 2 N–H and O–H groups in total. The topological polar surface area (TPSA) is 92.6 Å². The molecule has 0 spiro atoms. The lowest BCUT2D eigenvalue weighted by Gasteiger charge is -2.12. The second-order valence-corrected chi connectivity index (χ2v) is 6.74. The number of benzene rings is 3. The average molecular weight is 444 g/mol. The largest absolute Gasteiger partial charge is 0.490 e. The van der Waals surface area contributed by atoms with Gasteiger partial charge >= 0.3 is 0 Å². The number of rotatable bonds is 10. The van der Waals surface area contributed by atoms with Crippen molar-refractivity contribution in [3.05, 3.63) is 84.6 Å². The summed E-state index contributed by atoms with van der Waals surface area (Å²) in [6.45, 7) is 4.78. The third-order valence-corrected chi connectivity index (χ3v) is 4.38. The summed E-state index contributed by atoms with van der Waals surface area (Å²) in [5, 5.41) is 15.1. The van der Waals surface area contributed by atoms with Gasteiger partial charge in [-0.25, -0.2) is 0 Å². The van der Waals surface area contributed by atoms with Crippen LogP contribution in [0, 0.1) is 11.3 Å². The van der Waals surface area contributed by atoms with Crippen LogP contribution in [0.3, 0.4) is 0 Å². The Morgan fingerprint density at radius 2 is 1.52 bits per heavy atom. The minimum atomic E-state index is -0.530. The minimum Gasteiger partial charge on any atom is -0.490 e. The Hall–Kier alpha value is -4.44. The van der Waals surface area contributed by atoms with E-state index in [-0.39, 0.29) is 5.57 Å². The van der Waals surface area contributed by atoms with Gasteiger partial charge in [0, 0.05) is 23.6 Å². The Kier molecular flexibility index (Phi) is 8.32. The van der Waals surface area contributed by atoms with E-state index in [9.17, 15) is 10.1 Å². The number of nitrogens with one attached hydrogen (secondary N) is 2. The summed E-state index contributed by atoms with van der Waals surface area (Å²) in [6.07, 6.45) is 1.35. The van der Waals surface area contributed by atoms with Gasteiger partial charge in [-0.2, -0.15) is 5.26 Å². The third kappa shape index (κ3) is 6.77. The molecule has 1 amide bonds. The normalized spacial score (nSPS) is 10.6. The van der Waals surface area contributed by atoms with E-state index in [2.05, 4.69) is 10.6 Å². The number of nitriles is 1. The number of carbonyl (C=O) groups excluding carboxylic acids is 1. The van der Waals surface area contributed by atoms with Crippen LogP contribution >= 0.6 is 0 Å². The zero-order valence-corrected chi connectivity index (χ0v) is 18.5. The standard InChI is InChI=1S/C26H25N3O4/c1-3-31-24-15-12-21(16-25(24)32-4-2)28-18-19(17-27)26(30)29-20-10-13-23(14-11-20)33-22-8-6-5-7-9-22/h5-16,18,28H,3-4H2,1-2H3,(H,29,30)/b19-18-. The highest BCUT2D eigenvalue weighted by Crippen LogP contribution is 2.30. The molecule has 168 valence electrons. The van der Waals surface area contributed by atoms with Crippen LogP contribution in [0.4, 0.5) is 11.4 Å². The Morgan fingerprint density at radius 3 is 2.18 bits per heavy atom. The number of carbonyl (C=O) groups is 1. The third-order valence-electron chi connectivity index (χ3n) is 4.38. The van der Waals surface area contributed by atoms with Gasteiger partial charge in [0.15, 0.2) is 11.5 Å². The molecule has 7 nitrogen and oxygen atoms in total. The minimum absolute atomic E-state index is 0.0774. The maximum atomic E-state index is 12.5. The molecule has 0 radical (unpaired) electrons. The molecule has 0 fully saturated rings.